The minimum Gasteiger partial charge on any atom is -0.336 e. The van der Waals surface area contributed by atoms with Gasteiger partial charge in [0.25, 0.3) is 5.91 Å². The largest absolute Gasteiger partial charge is 0.336 e. The summed E-state index contributed by atoms with van der Waals surface area (Å²) in [4.78, 5) is 13.9. The van der Waals surface area contributed by atoms with Gasteiger partial charge in [0, 0.05) is 44.0 Å². The molecule has 0 spiro atoms. The highest BCUT2D eigenvalue weighted by Gasteiger charge is 2.27. The Labute approximate surface area is 111 Å². The normalized spacial score (nSPS) is 14.6. The van der Waals surface area contributed by atoms with Gasteiger partial charge in [-0.1, -0.05) is 0 Å². The van der Waals surface area contributed by atoms with Crippen LogP contribution >= 0.6 is 0 Å². The van der Waals surface area contributed by atoms with E-state index in [1.165, 1.54) is 12.8 Å². The van der Waals surface area contributed by atoms with Crippen molar-refractivity contribution >= 4 is 5.91 Å². The number of carbonyl (C=O) groups is 1. The molecular formula is C13H17N5O. The third-order valence-electron chi connectivity index (χ3n) is 3.36. The zero-order chi connectivity index (χ0) is 13.4. The quantitative estimate of drug-likeness (QED) is 0.899. The van der Waals surface area contributed by atoms with Crippen molar-refractivity contribution in [2.45, 2.75) is 25.3 Å². The maximum atomic E-state index is 12.2. The number of hydrogen-bond acceptors (Lipinski definition) is 3. The average molecular weight is 259 g/mol. The summed E-state index contributed by atoms with van der Waals surface area (Å²) in [6, 6.07) is 1.87. The lowest BCUT2D eigenvalue weighted by atomic mass is 10.2. The van der Waals surface area contributed by atoms with Gasteiger partial charge >= 0.3 is 0 Å². The van der Waals surface area contributed by atoms with Crippen molar-refractivity contribution in [1.82, 2.24) is 24.9 Å². The number of aryl methyl sites for hydroxylation is 1. The number of hydrogen-bond donors (Lipinski definition) is 1. The van der Waals surface area contributed by atoms with E-state index < -0.39 is 0 Å². The second-order valence-corrected chi connectivity index (χ2v) is 5.17. The van der Waals surface area contributed by atoms with Gasteiger partial charge in [-0.25, -0.2) is 0 Å². The van der Waals surface area contributed by atoms with Crippen molar-refractivity contribution in [3.05, 3.63) is 35.4 Å². The Balaban J connectivity index is 1.67. The summed E-state index contributed by atoms with van der Waals surface area (Å²) in [6.45, 7) is 0.540. The van der Waals surface area contributed by atoms with Crippen LogP contribution in [0.3, 0.4) is 0 Å². The third-order valence-corrected chi connectivity index (χ3v) is 3.36. The van der Waals surface area contributed by atoms with Gasteiger partial charge in [-0.05, 0) is 18.9 Å². The van der Waals surface area contributed by atoms with Crippen LogP contribution in [-0.2, 0) is 13.6 Å². The zero-order valence-corrected chi connectivity index (χ0v) is 11.1. The minimum atomic E-state index is -0.0630. The smallest absolute Gasteiger partial charge is 0.274 e. The van der Waals surface area contributed by atoms with E-state index in [0.717, 1.165) is 11.3 Å². The highest BCUT2D eigenvalue weighted by Crippen LogP contribution is 2.39. The number of aromatic nitrogens is 4. The monoisotopic (exact) mass is 259 g/mol. The average Bonchev–Trinajstić information content (AvgIpc) is 2.98. The molecule has 2 aromatic rings. The van der Waals surface area contributed by atoms with Gasteiger partial charge in [-0.3, -0.25) is 14.6 Å². The van der Waals surface area contributed by atoms with E-state index in [9.17, 15) is 4.79 Å². The maximum absolute atomic E-state index is 12.2. The van der Waals surface area contributed by atoms with Crippen LogP contribution in [0, 0.1) is 0 Å². The first-order valence-corrected chi connectivity index (χ1v) is 6.42. The van der Waals surface area contributed by atoms with Crippen LogP contribution in [0.5, 0.6) is 0 Å². The lowest BCUT2D eigenvalue weighted by Crippen LogP contribution is -2.26. The number of H-pyrrole nitrogens is 1. The van der Waals surface area contributed by atoms with Gasteiger partial charge < -0.3 is 4.90 Å². The molecule has 19 heavy (non-hydrogen) atoms. The lowest BCUT2D eigenvalue weighted by molar-refractivity contribution is 0.0779. The molecule has 2 heterocycles. The van der Waals surface area contributed by atoms with Gasteiger partial charge in [0.1, 0.15) is 5.69 Å². The molecule has 1 aliphatic carbocycles. The summed E-state index contributed by atoms with van der Waals surface area (Å²) in [7, 11) is 3.64. The Morgan fingerprint density at radius 3 is 3.00 bits per heavy atom. The molecule has 0 radical (unpaired) electrons. The van der Waals surface area contributed by atoms with Crippen LogP contribution < -0.4 is 0 Å². The first-order chi connectivity index (χ1) is 9.13. The molecule has 1 aliphatic rings. The van der Waals surface area contributed by atoms with Crippen molar-refractivity contribution in [2.24, 2.45) is 7.05 Å². The fourth-order valence-corrected chi connectivity index (χ4v) is 2.14. The number of nitrogens with zero attached hydrogens (tertiary/aromatic N) is 4. The molecule has 1 fully saturated rings. The standard InChI is InChI=1S/C13H17N5O/c1-17(7-9-6-14-18(2)8-9)13(19)12-5-11(15-16-12)10-3-4-10/h5-6,8,10H,3-4,7H2,1-2H3,(H,15,16). The molecule has 0 aromatic carbocycles. The molecule has 6 heteroatoms. The van der Waals surface area contributed by atoms with E-state index in [2.05, 4.69) is 15.3 Å². The molecular weight excluding hydrogens is 242 g/mol. The van der Waals surface area contributed by atoms with Crippen molar-refractivity contribution in [2.75, 3.05) is 7.05 Å². The Hall–Kier alpha value is -2.11. The Kier molecular flexibility index (Phi) is 2.85. The Morgan fingerprint density at radius 2 is 2.37 bits per heavy atom. The zero-order valence-electron chi connectivity index (χ0n) is 11.1. The molecule has 1 amide bonds. The van der Waals surface area contributed by atoms with Crippen LogP contribution in [0.2, 0.25) is 0 Å². The van der Waals surface area contributed by atoms with Gasteiger partial charge in [-0.2, -0.15) is 10.2 Å². The van der Waals surface area contributed by atoms with Crippen LogP contribution in [-0.4, -0.2) is 37.8 Å². The Bertz CT molecular complexity index is 596. The van der Waals surface area contributed by atoms with E-state index in [-0.39, 0.29) is 5.91 Å². The van der Waals surface area contributed by atoms with Gasteiger partial charge in [0.2, 0.25) is 0 Å². The van der Waals surface area contributed by atoms with Crippen LogP contribution in [0.1, 0.15) is 40.5 Å². The van der Waals surface area contributed by atoms with Gasteiger partial charge in [0.15, 0.2) is 0 Å². The molecule has 6 nitrogen and oxygen atoms in total. The molecule has 1 saturated carbocycles. The maximum Gasteiger partial charge on any atom is 0.274 e. The van der Waals surface area contributed by atoms with Gasteiger partial charge in [0.05, 0.1) is 6.20 Å². The molecule has 2 aromatic heterocycles. The third kappa shape index (κ3) is 2.52. The predicted octanol–water partition coefficient (Wildman–Crippen LogP) is 1.29. The molecule has 0 atom stereocenters. The fraction of sp³-hybridized carbons (Fsp3) is 0.462. The highest BCUT2D eigenvalue weighted by molar-refractivity contribution is 5.92. The minimum absolute atomic E-state index is 0.0630. The fourth-order valence-electron chi connectivity index (χ4n) is 2.14. The van der Waals surface area contributed by atoms with E-state index >= 15 is 0 Å². The number of nitrogens with one attached hydrogen (secondary N) is 1. The van der Waals surface area contributed by atoms with Crippen molar-refractivity contribution < 1.29 is 4.79 Å². The lowest BCUT2D eigenvalue weighted by Gasteiger charge is -2.14. The van der Waals surface area contributed by atoms with E-state index in [1.54, 1.807) is 22.8 Å². The molecule has 3 rings (SSSR count). The number of aromatic amines is 1. The molecule has 100 valence electrons. The molecule has 0 saturated heterocycles. The molecule has 0 unspecified atom stereocenters. The van der Waals surface area contributed by atoms with Crippen LogP contribution in [0.4, 0.5) is 0 Å². The summed E-state index contributed by atoms with van der Waals surface area (Å²) in [6.07, 6.45) is 6.07. The second kappa shape index (κ2) is 4.53. The van der Waals surface area contributed by atoms with Crippen LogP contribution in [0.25, 0.3) is 0 Å². The summed E-state index contributed by atoms with van der Waals surface area (Å²) >= 11 is 0. The van der Waals surface area contributed by atoms with Crippen molar-refractivity contribution in [3.8, 4) is 0 Å². The van der Waals surface area contributed by atoms with Gasteiger partial charge in [-0.15, -0.1) is 0 Å². The Morgan fingerprint density at radius 1 is 1.58 bits per heavy atom. The highest BCUT2D eigenvalue weighted by atomic mass is 16.2. The summed E-state index contributed by atoms with van der Waals surface area (Å²) < 4.78 is 1.73. The summed E-state index contributed by atoms with van der Waals surface area (Å²) in [5.74, 6) is 0.518. The van der Waals surface area contributed by atoms with E-state index in [1.807, 2.05) is 19.3 Å². The number of amides is 1. The summed E-state index contributed by atoms with van der Waals surface area (Å²) in [5.41, 5.74) is 2.59. The SMILES string of the molecule is CN(Cc1cnn(C)c1)C(=O)c1cc(C2CC2)[nH]n1. The number of rotatable bonds is 4. The topological polar surface area (TPSA) is 66.8 Å². The van der Waals surface area contributed by atoms with Crippen molar-refractivity contribution in [3.63, 3.8) is 0 Å². The first-order valence-electron chi connectivity index (χ1n) is 6.42. The van der Waals surface area contributed by atoms with Crippen molar-refractivity contribution in [1.29, 1.82) is 0 Å². The second-order valence-electron chi connectivity index (χ2n) is 5.17. The van der Waals surface area contributed by atoms with Crippen LogP contribution in [0.15, 0.2) is 18.5 Å². The molecule has 1 N–H and O–H groups in total. The predicted molar refractivity (Wildman–Crippen MR) is 69.6 cm³/mol. The molecule has 0 aliphatic heterocycles. The summed E-state index contributed by atoms with van der Waals surface area (Å²) in [5, 5.41) is 11.2. The van der Waals surface area contributed by atoms with E-state index in [4.69, 9.17) is 0 Å². The van der Waals surface area contributed by atoms with E-state index in [0.29, 0.717) is 18.2 Å². The molecule has 0 bridgehead atoms. The first kappa shape index (κ1) is 12.0. The number of carbonyl (C=O) groups excluding carboxylic acids is 1.